The Morgan fingerprint density at radius 2 is 1.68 bits per heavy atom. The quantitative estimate of drug-likeness (QED) is 0.418. The molecule has 2 N–H and O–H groups in total. The van der Waals surface area contributed by atoms with Crippen molar-refractivity contribution in [2.75, 3.05) is 21.3 Å². The molecular weight excluding hydrogens is 463 g/mol. The van der Waals surface area contributed by atoms with Gasteiger partial charge in [0.1, 0.15) is 5.82 Å². The van der Waals surface area contributed by atoms with Gasteiger partial charge in [0.2, 0.25) is 5.75 Å². The maximum atomic E-state index is 14.4. The van der Waals surface area contributed by atoms with Gasteiger partial charge in [0.05, 0.1) is 33.4 Å². The highest BCUT2D eigenvalue weighted by Gasteiger charge is 2.23. The van der Waals surface area contributed by atoms with E-state index in [1.165, 1.54) is 19.2 Å². The number of rotatable bonds is 10. The average molecular weight is 491 g/mol. The minimum atomic E-state index is -1.04. The van der Waals surface area contributed by atoms with Gasteiger partial charge in [-0.05, 0) is 43.7 Å². The number of hydrogen-bond acceptors (Lipinski definition) is 5. The molecule has 9 heteroatoms. The van der Waals surface area contributed by atoms with Crippen LogP contribution in [0.5, 0.6) is 17.2 Å². The standard InChI is InChI=1S/C25H28ClFN2O5/c1-14-17(12-28-11-16-9-21(32-3)24(34-5)22(10-16)33-4)23(25(30)31)15(2)29(14)13-18-19(26)7-6-8-20(18)27/h6-10,28H,11-13H2,1-5H3,(H,30,31). The summed E-state index contributed by atoms with van der Waals surface area (Å²) in [5.41, 5.74) is 3.28. The molecule has 3 rings (SSSR count). The van der Waals surface area contributed by atoms with E-state index in [1.54, 1.807) is 31.8 Å². The van der Waals surface area contributed by atoms with Gasteiger partial charge in [0.25, 0.3) is 0 Å². The lowest BCUT2D eigenvalue weighted by Crippen LogP contribution is -2.16. The normalized spacial score (nSPS) is 10.9. The van der Waals surface area contributed by atoms with E-state index in [-0.39, 0.29) is 12.1 Å². The molecule has 1 heterocycles. The van der Waals surface area contributed by atoms with E-state index in [1.807, 2.05) is 19.1 Å². The number of halogens is 2. The lowest BCUT2D eigenvalue weighted by atomic mass is 10.1. The third kappa shape index (κ3) is 4.98. The molecule has 0 bridgehead atoms. The summed E-state index contributed by atoms with van der Waals surface area (Å²) in [6.07, 6.45) is 0. The molecule has 0 saturated heterocycles. The van der Waals surface area contributed by atoms with Crippen molar-refractivity contribution in [2.24, 2.45) is 0 Å². The topological polar surface area (TPSA) is 82.0 Å². The molecule has 0 atom stereocenters. The van der Waals surface area contributed by atoms with E-state index >= 15 is 0 Å². The fourth-order valence-corrected chi connectivity index (χ4v) is 4.32. The van der Waals surface area contributed by atoms with Gasteiger partial charge in [-0.15, -0.1) is 0 Å². The van der Waals surface area contributed by atoms with E-state index in [9.17, 15) is 14.3 Å². The Morgan fingerprint density at radius 1 is 1.03 bits per heavy atom. The van der Waals surface area contributed by atoms with Gasteiger partial charge in [-0.25, -0.2) is 9.18 Å². The summed E-state index contributed by atoms with van der Waals surface area (Å²) in [7, 11) is 4.63. The number of hydrogen-bond donors (Lipinski definition) is 2. The first kappa shape index (κ1) is 25.4. The first-order chi connectivity index (χ1) is 16.2. The molecule has 34 heavy (non-hydrogen) atoms. The first-order valence-corrected chi connectivity index (χ1v) is 11.0. The van der Waals surface area contributed by atoms with E-state index < -0.39 is 11.8 Å². The molecule has 0 radical (unpaired) electrons. The van der Waals surface area contributed by atoms with Crippen molar-refractivity contribution >= 4 is 17.6 Å². The molecule has 0 aliphatic heterocycles. The van der Waals surface area contributed by atoms with Crippen molar-refractivity contribution in [3.63, 3.8) is 0 Å². The van der Waals surface area contributed by atoms with Gasteiger partial charge in [0, 0.05) is 40.6 Å². The number of aromatic carboxylic acids is 1. The van der Waals surface area contributed by atoms with Crippen LogP contribution in [-0.2, 0) is 19.6 Å². The van der Waals surface area contributed by atoms with Gasteiger partial charge in [-0.1, -0.05) is 17.7 Å². The van der Waals surface area contributed by atoms with Crippen LogP contribution in [0.1, 0.15) is 38.4 Å². The van der Waals surface area contributed by atoms with Crippen LogP contribution in [0.25, 0.3) is 0 Å². The Labute approximate surface area is 203 Å². The fraction of sp³-hybridized carbons (Fsp3) is 0.320. The number of carboxylic acids is 1. The Morgan fingerprint density at radius 3 is 2.21 bits per heavy atom. The van der Waals surface area contributed by atoms with Crippen LogP contribution in [0.2, 0.25) is 5.02 Å². The summed E-state index contributed by atoms with van der Waals surface area (Å²) in [5.74, 6) is 0.0921. The lowest BCUT2D eigenvalue weighted by molar-refractivity contribution is 0.0694. The zero-order chi connectivity index (χ0) is 25.0. The van der Waals surface area contributed by atoms with Crippen LogP contribution >= 0.6 is 11.6 Å². The number of ether oxygens (including phenoxy) is 3. The average Bonchev–Trinajstić information content (AvgIpc) is 3.04. The summed E-state index contributed by atoms with van der Waals surface area (Å²) >= 11 is 6.20. The highest BCUT2D eigenvalue weighted by molar-refractivity contribution is 6.31. The molecule has 0 unspecified atom stereocenters. The predicted molar refractivity (Wildman–Crippen MR) is 128 cm³/mol. The Hall–Kier alpha value is -3.23. The summed E-state index contributed by atoms with van der Waals surface area (Å²) in [6, 6.07) is 8.16. The van der Waals surface area contributed by atoms with Crippen molar-refractivity contribution < 1.29 is 28.5 Å². The number of methoxy groups -OCH3 is 3. The highest BCUT2D eigenvalue weighted by atomic mass is 35.5. The Balaban J connectivity index is 1.88. The smallest absolute Gasteiger partial charge is 0.337 e. The first-order valence-electron chi connectivity index (χ1n) is 10.6. The van der Waals surface area contributed by atoms with Gasteiger partial charge in [-0.3, -0.25) is 0 Å². The molecule has 0 aliphatic carbocycles. The highest BCUT2D eigenvalue weighted by Crippen LogP contribution is 2.38. The second kappa shape index (κ2) is 10.8. The minimum absolute atomic E-state index is 0.135. The molecule has 7 nitrogen and oxygen atoms in total. The van der Waals surface area contributed by atoms with Gasteiger partial charge >= 0.3 is 5.97 Å². The van der Waals surface area contributed by atoms with E-state index in [2.05, 4.69) is 5.32 Å². The number of nitrogens with one attached hydrogen (secondary N) is 1. The largest absolute Gasteiger partial charge is 0.493 e. The van der Waals surface area contributed by atoms with Crippen molar-refractivity contribution in [1.29, 1.82) is 0 Å². The number of nitrogens with zero attached hydrogens (tertiary/aromatic N) is 1. The molecule has 182 valence electrons. The van der Waals surface area contributed by atoms with Crippen molar-refractivity contribution in [3.05, 3.63) is 74.8 Å². The molecule has 3 aromatic rings. The molecule has 1 aromatic heterocycles. The summed E-state index contributed by atoms with van der Waals surface area (Å²) in [5, 5.41) is 13.5. The minimum Gasteiger partial charge on any atom is -0.493 e. The summed E-state index contributed by atoms with van der Waals surface area (Å²) in [6.45, 7) is 4.40. The Bertz CT molecular complexity index is 1160. The number of carboxylic acid groups (broad SMARTS) is 1. The van der Waals surface area contributed by atoms with Crippen LogP contribution in [0, 0.1) is 19.7 Å². The van der Waals surface area contributed by atoms with Crippen LogP contribution in [0.15, 0.2) is 30.3 Å². The number of aromatic nitrogens is 1. The predicted octanol–water partition coefficient (Wildman–Crippen LogP) is 4.96. The van der Waals surface area contributed by atoms with Crippen molar-refractivity contribution in [1.82, 2.24) is 9.88 Å². The molecule has 0 spiro atoms. The number of benzene rings is 2. The van der Waals surface area contributed by atoms with Gasteiger partial charge in [0.15, 0.2) is 11.5 Å². The maximum Gasteiger partial charge on any atom is 0.337 e. The zero-order valence-corrected chi connectivity index (χ0v) is 20.5. The molecule has 2 aromatic carbocycles. The molecule has 0 saturated carbocycles. The van der Waals surface area contributed by atoms with E-state index in [0.717, 1.165) is 11.3 Å². The molecular formula is C25H28ClFN2O5. The van der Waals surface area contributed by atoms with Crippen molar-refractivity contribution in [2.45, 2.75) is 33.5 Å². The van der Waals surface area contributed by atoms with Crippen LogP contribution < -0.4 is 19.5 Å². The van der Waals surface area contributed by atoms with Crippen molar-refractivity contribution in [3.8, 4) is 17.2 Å². The van der Waals surface area contributed by atoms with Crippen LogP contribution in [-0.4, -0.2) is 37.0 Å². The zero-order valence-electron chi connectivity index (χ0n) is 19.8. The molecule has 0 amide bonds. The second-order valence-corrected chi connectivity index (χ2v) is 8.16. The van der Waals surface area contributed by atoms with Gasteiger partial charge < -0.3 is 29.2 Å². The van der Waals surface area contributed by atoms with E-state index in [0.29, 0.717) is 52.2 Å². The summed E-state index contributed by atoms with van der Waals surface area (Å²) in [4.78, 5) is 12.1. The van der Waals surface area contributed by atoms with E-state index in [4.69, 9.17) is 25.8 Å². The molecule has 0 fully saturated rings. The maximum absolute atomic E-state index is 14.4. The molecule has 0 aliphatic rings. The van der Waals surface area contributed by atoms with Gasteiger partial charge in [-0.2, -0.15) is 0 Å². The van der Waals surface area contributed by atoms with Crippen LogP contribution in [0.4, 0.5) is 4.39 Å². The second-order valence-electron chi connectivity index (χ2n) is 7.75. The SMILES string of the molecule is COc1cc(CNCc2c(C(=O)O)c(C)n(Cc3c(F)cccc3Cl)c2C)cc(OC)c1OC. The number of carbonyl (C=O) groups is 1. The Kier molecular flexibility index (Phi) is 8.06. The fourth-order valence-electron chi connectivity index (χ4n) is 4.10. The monoisotopic (exact) mass is 490 g/mol. The third-order valence-electron chi connectivity index (χ3n) is 5.86. The third-order valence-corrected chi connectivity index (χ3v) is 6.21. The summed E-state index contributed by atoms with van der Waals surface area (Å²) < 4.78 is 32.3. The van der Waals surface area contributed by atoms with Crippen LogP contribution in [0.3, 0.4) is 0 Å². The lowest BCUT2D eigenvalue weighted by Gasteiger charge is -2.15.